The molecule has 4 N–H and O–H groups in total. The Morgan fingerprint density at radius 3 is 2.50 bits per heavy atom. The standard InChI is InChI=1S/C20H24ClN3O2/c1-3-15-8-4-7-11-18(15)24-20(26)13-23-19(25)12-22-14(2)16-9-5-6-10-17(16)21/h4-11,14,22H,3,12-13H2,1-2H3,(H,23,25)(H,24,26)/p+1/t14-/m0/s1. The van der Waals surface area contributed by atoms with Crippen molar-refractivity contribution in [3.05, 3.63) is 64.7 Å². The largest absolute Gasteiger partial charge is 0.342 e. The van der Waals surface area contributed by atoms with Gasteiger partial charge in [0.1, 0.15) is 6.04 Å². The Labute approximate surface area is 159 Å². The van der Waals surface area contributed by atoms with Gasteiger partial charge in [0, 0.05) is 16.3 Å². The van der Waals surface area contributed by atoms with Crippen molar-refractivity contribution in [2.75, 3.05) is 18.4 Å². The molecule has 0 spiro atoms. The lowest BCUT2D eigenvalue weighted by molar-refractivity contribution is -0.682. The van der Waals surface area contributed by atoms with Crippen molar-refractivity contribution in [3.63, 3.8) is 0 Å². The number of carbonyl (C=O) groups excluding carboxylic acids is 2. The van der Waals surface area contributed by atoms with Crippen molar-refractivity contribution < 1.29 is 14.9 Å². The second-order valence-electron chi connectivity index (χ2n) is 6.09. The molecule has 0 aromatic heterocycles. The molecule has 26 heavy (non-hydrogen) atoms. The maximum absolute atomic E-state index is 12.0. The maximum atomic E-state index is 12.0. The van der Waals surface area contributed by atoms with Gasteiger partial charge in [-0.05, 0) is 31.0 Å². The van der Waals surface area contributed by atoms with Crippen LogP contribution in [0.2, 0.25) is 5.02 Å². The summed E-state index contributed by atoms with van der Waals surface area (Å²) >= 11 is 6.17. The molecule has 2 aromatic carbocycles. The Morgan fingerprint density at radius 1 is 1.08 bits per heavy atom. The maximum Gasteiger partial charge on any atom is 0.275 e. The Kier molecular flexibility index (Phi) is 7.63. The highest BCUT2D eigenvalue weighted by atomic mass is 35.5. The summed E-state index contributed by atoms with van der Waals surface area (Å²) in [5, 5.41) is 8.06. The number of hydrogen-bond donors (Lipinski definition) is 3. The minimum atomic E-state index is -0.238. The van der Waals surface area contributed by atoms with E-state index >= 15 is 0 Å². The molecule has 0 fully saturated rings. The van der Waals surface area contributed by atoms with Crippen LogP contribution in [0.1, 0.15) is 31.0 Å². The van der Waals surface area contributed by atoms with Crippen LogP contribution in [0.25, 0.3) is 0 Å². The minimum absolute atomic E-state index is 0.0504. The van der Waals surface area contributed by atoms with Gasteiger partial charge in [0.2, 0.25) is 5.91 Å². The average Bonchev–Trinajstić information content (AvgIpc) is 2.65. The number of aryl methyl sites for hydroxylation is 1. The predicted octanol–water partition coefficient (Wildman–Crippen LogP) is 2.28. The zero-order chi connectivity index (χ0) is 18.9. The van der Waals surface area contributed by atoms with Crippen molar-refractivity contribution in [3.8, 4) is 0 Å². The number of hydrogen-bond acceptors (Lipinski definition) is 2. The molecule has 0 aliphatic rings. The fourth-order valence-electron chi connectivity index (χ4n) is 2.65. The summed E-state index contributed by atoms with van der Waals surface area (Å²) in [5.74, 6) is -0.429. The lowest BCUT2D eigenvalue weighted by atomic mass is 10.1. The summed E-state index contributed by atoms with van der Waals surface area (Å²) in [5.41, 5.74) is 2.83. The molecule has 6 heteroatoms. The van der Waals surface area contributed by atoms with Gasteiger partial charge in [-0.3, -0.25) is 9.59 Å². The fourth-order valence-corrected chi connectivity index (χ4v) is 2.96. The van der Waals surface area contributed by atoms with Gasteiger partial charge in [-0.2, -0.15) is 0 Å². The average molecular weight is 375 g/mol. The Bertz CT molecular complexity index is 764. The van der Waals surface area contributed by atoms with Gasteiger partial charge in [-0.15, -0.1) is 0 Å². The summed E-state index contributed by atoms with van der Waals surface area (Å²) in [4.78, 5) is 24.0. The van der Waals surface area contributed by atoms with Crippen LogP contribution in [0, 0.1) is 0 Å². The van der Waals surface area contributed by atoms with Crippen molar-refractivity contribution in [1.29, 1.82) is 0 Å². The molecule has 0 aliphatic heterocycles. The minimum Gasteiger partial charge on any atom is -0.342 e. The number of amides is 2. The van der Waals surface area contributed by atoms with Gasteiger partial charge >= 0.3 is 0 Å². The summed E-state index contributed by atoms with van der Waals surface area (Å²) < 4.78 is 0. The first-order valence-corrected chi connectivity index (χ1v) is 9.11. The number of rotatable bonds is 8. The molecule has 0 aliphatic carbocycles. The second kappa shape index (κ2) is 9.94. The van der Waals surface area contributed by atoms with E-state index in [4.69, 9.17) is 11.6 Å². The molecule has 0 unspecified atom stereocenters. The third-order valence-corrected chi connectivity index (χ3v) is 4.52. The highest BCUT2D eigenvalue weighted by Crippen LogP contribution is 2.19. The topological polar surface area (TPSA) is 74.8 Å². The van der Waals surface area contributed by atoms with E-state index in [1.165, 1.54) is 0 Å². The van der Waals surface area contributed by atoms with Crippen molar-refractivity contribution >= 4 is 29.1 Å². The summed E-state index contributed by atoms with van der Waals surface area (Å²) in [6.45, 7) is 4.20. The number of nitrogens with one attached hydrogen (secondary N) is 2. The molecular weight excluding hydrogens is 350 g/mol. The number of para-hydroxylation sites is 1. The van der Waals surface area contributed by atoms with Crippen LogP contribution in [-0.2, 0) is 16.0 Å². The van der Waals surface area contributed by atoms with Crippen molar-refractivity contribution in [2.45, 2.75) is 26.3 Å². The zero-order valence-corrected chi connectivity index (χ0v) is 15.8. The second-order valence-corrected chi connectivity index (χ2v) is 6.49. The highest BCUT2D eigenvalue weighted by Gasteiger charge is 2.14. The molecule has 138 valence electrons. The van der Waals surface area contributed by atoms with Crippen LogP contribution in [0.4, 0.5) is 5.69 Å². The molecule has 1 atom stereocenters. The third-order valence-electron chi connectivity index (χ3n) is 4.17. The third kappa shape index (κ3) is 5.86. The smallest absolute Gasteiger partial charge is 0.275 e. The van der Waals surface area contributed by atoms with Gasteiger partial charge in [-0.25, -0.2) is 0 Å². The van der Waals surface area contributed by atoms with E-state index in [1.54, 1.807) is 0 Å². The highest BCUT2D eigenvalue weighted by molar-refractivity contribution is 6.31. The quantitative estimate of drug-likeness (QED) is 0.663. The Balaban J connectivity index is 1.76. The molecule has 0 saturated heterocycles. The van der Waals surface area contributed by atoms with Crippen LogP contribution < -0.4 is 16.0 Å². The first-order valence-electron chi connectivity index (χ1n) is 8.73. The van der Waals surface area contributed by atoms with Gasteiger partial charge in [0.05, 0.1) is 6.54 Å². The fraction of sp³-hybridized carbons (Fsp3) is 0.300. The van der Waals surface area contributed by atoms with E-state index in [2.05, 4.69) is 10.6 Å². The normalized spacial score (nSPS) is 11.7. The molecule has 0 heterocycles. The molecule has 0 bridgehead atoms. The first kappa shape index (κ1) is 19.9. The van der Waals surface area contributed by atoms with Gasteiger partial charge < -0.3 is 16.0 Å². The molecule has 2 amide bonds. The van der Waals surface area contributed by atoms with Crippen LogP contribution in [-0.4, -0.2) is 24.9 Å². The van der Waals surface area contributed by atoms with Crippen LogP contribution >= 0.6 is 11.6 Å². The van der Waals surface area contributed by atoms with Gasteiger partial charge in [0.15, 0.2) is 6.54 Å². The number of anilines is 1. The number of nitrogens with two attached hydrogens (primary N) is 1. The number of carbonyl (C=O) groups is 2. The predicted molar refractivity (Wildman–Crippen MR) is 104 cm³/mol. The van der Waals surface area contributed by atoms with Crippen LogP contribution in [0.5, 0.6) is 0 Å². The van der Waals surface area contributed by atoms with E-state index in [1.807, 2.05) is 67.7 Å². The van der Waals surface area contributed by atoms with E-state index in [0.29, 0.717) is 5.02 Å². The molecule has 0 radical (unpaired) electrons. The lowest BCUT2D eigenvalue weighted by Crippen LogP contribution is -2.87. The first-order chi connectivity index (χ1) is 12.5. The number of quaternary nitrogens is 1. The molecule has 5 nitrogen and oxygen atoms in total. The van der Waals surface area contributed by atoms with E-state index < -0.39 is 0 Å². The number of benzene rings is 2. The molecule has 2 rings (SSSR count). The van der Waals surface area contributed by atoms with E-state index in [9.17, 15) is 9.59 Å². The summed E-state index contributed by atoms with van der Waals surface area (Å²) in [7, 11) is 0. The van der Waals surface area contributed by atoms with E-state index in [0.717, 1.165) is 23.2 Å². The number of halogens is 1. The van der Waals surface area contributed by atoms with E-state index in [-0.39, 0.29) is 30.9 Å². The van der Waals surface area contributed by atoms with Crippen LogP contribution in [0.15, 0.2) is 48.5 Å². The zero-order valence-electron chi connectivity index (χ0n) is 15.1. The summed E-state index contributed by atoms with van der Waals surface area (Å²) in [6, 6.07) is 15.3. The van der Waals surface area contributed by atoms with Gasteiger partial charge in [0.25, 0.3) is 5.91 Å². The Morgan fingerprint density at radius 2 is 1.77 bits per heavy atom. The van der Waals surface area contributed by atoms with Gasteiger partial charge in [-0.1, -0.05) is 54.9 Å². The molecular formula is C20H25ClN3O2+. The lowest BCUT2D eigenvalue weighted by Gasteiger charge is -2.13. The van der Waals surface area contributed by atoms with Crippen molar-refractivity contribution in [2.24, 2.45) is 0 Å². The SMILES string of the molecule is CCc1ccccc1NC(=O)CNC(=O)C[NH2+][C@@H](C)c1ccccc1Cl. The molecule has 0 saturated carbocycles. The van der Waals surface area contributed by atoms with Crippen molar-refractivity contribution in [1.82, 2.24) is 5.32 Å². The summed E-state index contributed by atoms with van der Waals surface area (Å²) in [6.07, 6.45) is 0.831. The Hall–Kier alpha value is -2.37. The molecule has 2 aromatic rings. The van der Waals surface area contributed by atoms with Crippen LogP contribution in [0.3, 0.4) is 0 Å². The monoisotopic (exact) mass is 374 g/mol.